The van der Waals surface area contributed by atoms with Gasteiger partial charge in [0.2, 0.25) is 5.91 Å². The van der Waals surface area contributed by atoms with Crippen LogP contribution >= 0.6 is 15.9 Å². The number of anilines is 1. The van der Waals surface area contributed by atoms with Crippen molar-refractivity contribution in [3.63, 3.8) is 0 Å². The first-order chi connectivity index (χ1) is 8.82. The summed E-state index contributed by atoms with van der Waals surface area (Å²) in [5.74, 6) is -0.209. The van der Waals surface area contributed by atoms with E-state index >= 15 is 0 Å². The molecular weight excluding hydrogens is 323 g/mol. The number of carbonyl (C=O) groups excluding carboxylic acids is 1. The first-order valence-corrected chi connectivity index (χ1v) is 6.42. The van der Waals surface area contributed by atoms with E-state index in [1.54, 1.807) is 6.08 Å². The van der Waals surface area contributed by atoms with Crippen LogP contribution in [0.5, 0.6) is 0 Å². The van der Waals surface area contributed by atoms with Crippen molar-refractivity contribution in [2.45, 2.75) is 12.6 Å². The summed E-state index contributed by atoms with van der Waals surface area (Å²) in [5, 5.41) is 0. The molecule has 1 aliphatic rings. The van der Waals surface area contributed by atoms with Gasteiger partial charge in [0.25, 0.3) is 0 Å². The van der Waals surface area contributed by atoms with Crippen LogP contribution in [0.1, 0.15) is 12.0 Å². The van der Waals surface area contributed by atoms with Gasteiger partial charge in [-0.3, -0.25) is 4.79 Å². The lowest BCUT2D eigenvalue weighted by Crippen LogP contribution is -2.25. The Morgan fingerprint density at radius 3 is 2.63 bits per heavy atom. The summed E-state index contributed by atoms with van der Waals surface area (Å²) in [5.41, 5.74) is -0.510. The maximum atomic E-state index is 12.7. The second-order valence-corrected chi connectivity index (χ2v) is 5.22. The Bertz CT molecular complexity index is 527. The zero-order chi connectivity index (χ0) is 14.2. The lowest BCUT2D eigenvalue weighted by atomic mass is 10.1. The molecule has 0 aromatic heterocycles. The highest BCUT2D eigenvalue weighted by molar-refractivity contribution is 9.10. The molecule has 0 spiro atoms. The van der Waals surface area contributed by atoms with Crippen LogP contribution in [0.4, 0.5) is 18.9 Å². The van der Waals surface area contributed by atoms with Crippen LogP contribution < -0.4 is 4.90 Å². The summed E-state index contributed by atoms with van der Waals surface area (Å²) in [7, 11) is 0. The minimum atomic E-state index is -4.42. The molecular formula is C13H11BrF3NO. The molecule has 2 rings (SSSR count). The van der Waals surface area contributed by atoms with Crippen LogP contribution in [-0.2, 0) is 11.0 Å². The van der Waals surface area contributed by atoms with Gasteiger partial charge in [-0.1, -0.05) is 6.08 Å². The predicted molar refractivity (Wildman–Crippen MR) is 69.8 cm³/mol. The molecule has 1 aromatic rings. The molecule has 0 N–H and O–H groups in total. The molecule has 1 aliphatic heterocycles. The Morgan fingerprint density at radius 2 is 2.11 bits per heavy atom. The first-order valence-electron chi connectivity index (χ1n) is 5.62. The lowest BCUT2D eigenvalue weighted by molar-refractivity contribution is -0.137. The molecule has 0 bridgehead atoms. The molecule has 0 saturated carbocycles. The topological polar surface area (TPSA) is 20.3 Å². The molecule has 1 fully saturated rings. The number of halogens is 4. The highest BCUT2D eigenvalue weighted by Gasteiger charge is 2.34. The Balaban J connectivity index is 2.39. The first kappa shape index (κ1) is 14.1. The molecule has 2 nitrogen and oxygen atoms in total. The van der Waals surface area contributed by atoms with Crippen molar-refractivity contribution < 1.29 is 18.0 Å². The van der Waals surface area contributed by atoms with Crippen molar-refractivity contribution in [1.29, 1.82) is 0 Å². The number of alkyl halides is 3. The fourth-order valence-electron chi connectivity index (χ4n) is 2.02. The van der Waals surface area contributed by atoms with E-state index in [9.17, 15) is 18.0 Å². The third-order valence-corrected chi connectivity index (χ3v) is 3.72. The standard InChI is InChI=1S/C13H11BrF3NO/c1-2-8-5-12(19)18(7-8)11-6-9(13(15,16)17)3-4-10(11)14/h2-4,6,8H,1,5,7H2. The second-order valence-electron chi connectivity index (χ2n) is 4.37. The average molecular weight is 334 g/mol. The van der Waals surface area contributed by atoms with Crippen LogP contribution in [0.2, 0.25) is 0 Å². The molecule has 1 aromatic carbocycles. The average Bonchev–Trinajstić information content (AvgIpc) is 2.69. The molecule has 1 unspecified atom stereocenters. The minimum absolute atomic E-state index is 0.0195. The van der Waals surface area contributed by atoms with E-state index < -0.39 is 11.7 Å². The van der Waals surface area contributed by atoms with Crippen LogP contribution in [0, 0.1) is 5.92 Å². The summed E-state index contributed by atoms with van der Waals surface area (Å²) in [6.07, 6.45) is -2.48. The number of amides is 1. The van der Waals surface area contributed by atoms with E-state index in [4.69, 9.17) is 0 Å². The highest BCUT2D eigenvalue weighted by Crippen LogP contribution is 2.37. The van der Waals surface area contributed by atoms with E-state index in [2.05, 4.69) is 22.5 Å². The van der Waals surface area contributed by atoms with Crippen molar-refractivity contribution >= 4 is 27.5 Å². The van der Waals surface area contributed by atoms with Crippen LogP contribution in [-0.4, -0.2) is 12.5 Å². The fourth-order valence-corrected chi connectivity index (χ4v) is 2.48. The summed E-state index contributed by atoms with van der Waals surface area (Å²) >= 11 is 3.19. The number of rotatable bonds is 2. The number of hydrogen-bond donors (Lipinski definition) is 0. The molecule has 102 valence electrons. The van der Waals surface area contributed by atoms with Gasteiger partial charge >= 0.3 is 6.18 Å². The van der Waals surface area contributed by atoms with Crippen LogP contribution in [0.25, 0.3) is 0 Å². The molecule has 6 heteroatoms. The van der Waals surface area contributed by atoms with Gasteiger partial charge in [0.05, 0.1) is 11.3 Å². The van der Waals surface area contributed by atoms with E-state index in [0.717, 1.165) is 12.1 Å². The summed E-state index contributed by atoms with van der Waals surface area (Å²) in [6, 6.07) is 3.29. The van der Waals surface area contributed by atoms with Gasteiger partial charge in [0.15, 0.2) is 0 Å². The zero-order valence-corrected chi connectivity index (χ0v) is 11.5. The lowest BCUT2D eigenvalue weighted by Gasteiger charge is -2.19. The quantitative estimate of drug-likeness (QED) is 0.749. The van der Waals surface area contributed by atoms with Gasteiger partial charge in [-0.15, -0.1) is 6.58 Å². The fraction of sp³-hybridized carbons (Fsp3) is 0.308. The molecule has 1 amide bonds. The van der Waals surface area contributed by atoms with E-state index in [1.165, 1.54) is 11.0 Å². The number of nitrogens with zero attached hydrogens (tertiary/aromatic N) is 1. The number of hydrogen-bond acceptors (Lipinski definition) is 1. The normalized spacial score (nSPS) is 19.9. The molecule has 0 aliphatic carbocycles. The molecule has 1 heterocycles. The van der Waals surface area contributed by atoms with E-state index in [0.29, 0.717) is 11.0 Å². The maximum absolute atomic E-state index is 12.7. The highest BCUT2D eigenvalue weighted by atomic mass is 79.9. The van der Waals surface area contributed by atoms with Crippen molar-refractivity contribution in [3.05, 3.63) is 40.9 Å². The summed E-state index contributed by atoms with van der Waals surface area (Å²) in [4.78, 5) is 13.2. The Morgan fingerprint density at radius 1 is 1.42 bits per heavy atom. The van der Waals surface area contributed by atoms with Gasteiger partial charge in [-0.2, -0.15) is 13.2 Å². The zero-order valence-electron chi connectivity index (χ0n) is 9.88. The third kappa shape index (κ3) is 2.83. The van der Waals surface area contributed by atoms with Gasteiger partial charge in [0, 0.05) is 23.4 Å². The number of benzene rings is 1. The van der Waals surface area contributed by atoms with Crippen molar-refractivity contribution in [1.82, 2.24) is 0 Å². The molecule has 0 radical (unpaired) electrons. The summed E-state index contributed by atoms with van der Waals surface area (Å²) < 4.78 is 38.5. The SMILES string of the molecule is C=CC1CC(=O)N(c2cc(C(F)(F)F)ccc2Br)C1. The smallest absolute Gasteiger partial charge is 0.311 e. The largest absolute Gasteiger partial charge is 0.416 e. The van der Waals surface area contributed by atoms with Gasteiger partial charge in [-0.25, -0.2) is 0 Å². The van der Waals surface area contributed by atoms with E-state index in [-0.39, 0.29) is 23.9 Å². The minimum Gasteiger partial charge on any atom is -0.311 e. The van der Waals surface area contributed by atoms with Crippen molar-refractivity contribution in [3.8, 4) is 0 Å². The van der Waals surface area contributed by atoms with Gasteiger partial charge in [-0.05, 0) is 34.1 Å². The van der Waals surface area contributed by atoms with Gasteiger partial charge < -0.3 is 4.90 Å². The van der Waals surface area contributed by atoms with Crippen molar-refractivity contribution in [2.24, 2.45) is 5.92 Å². The third-order valence-electron chi connectivity index (χ3n) is 3.05. The number of carbonyl (C=O) groups is 1. The molecule has 1 saturated heterocycles. The molecule has 19 heavy (non-hydrogen) atoms. The Hall–Kier alpha value is -1.30. The molecule has 1 atom stereocenters. The second kappa shape index (κ2) is 5.00. The predicted octanol–water partition coefficient (Wildman–Crippen LogP) is 4.01. The van der Waals surface area contributed by atoms with E-state index in [1.807, 2.05) is 0 Å². The Kier molecular flexibility index (Phi) is 3.71. The Labute approximate surface area is 117 Å². The van der Waals surface area contributed by atoms with Crippen molar-refractivity contribution in [2.75, 3.05) is 11.4 Å². The van der Waals surface area contributed by atoms with Crippen LogP contribution in [0.3, 0.4) is 0 Å². The van der Waals surface area contributed by atoms with Crippen LogP contribution in [0.15, 0.2) is 35.3 Å². The summed E-state index contributed by atoms with van der Waals surface area (Å²) in [6.45, 7) is 3.98. The van der Waals surface area contributed by atoms with Gasteiger partial charge in [0.1, 0.15) is 0 Å². The maximum Gasteiger partial charge on any atom is 0.416 e. The monoisotopic (exact) mass is 333 g/mol.